The molecule has 0 radical (unpaired) electrons. The highest BCUT2D eigenvalue weighted by atomic mass is 32.2. The number of carbonyl (C=O) groups excluding carboxylic acids is 2. The zero-order valence-corrected chi connectivity index (χ0v) is 17.2. The Hall–Kier alpha value is -3.06. The third-order valence-electron chi connectivity index (χ3n) is 3.99. The van der Waals surface area contributed by atoms with E-state index in [1.807, 2.05) is 0 Å². The van der Waals surface area contributed by atoms with Crippen LogP contribution in [-0.2, 0) is 23.8 Å². The van der Waals surface area contributed by atoms with Crippen molar-refractivity contribution in [1.29, 1.82) is 0 Å². The molecule has 0 aliphatic heterocycles. The fraction of sp³-hybridized carbons (Fsp3) is 0.263. The highest BCUT2D eigenvalue weighted by molar-refractivity contribution is 7.87. The van der Waals surface area contributed by atoms with Gasteiger partial charge >= 0.3 is 33.5 Å². The molecule has 0 amide bonds. The van der Waals surface area contributed by atoms with Crippen LogP contribution in [0.3, 0.4) is 0 Å². The molecule has 0 saturated carbocycles. The van der Waals surface area contributed by atoms with Crippen LogP contribution < -0.4 is 4.74 Å². The molecule has 7 nitrogen and oxygen atoms in total. The van der Waals surface area contributed by atoms with Crippen molar-refractivity contribution in [2.75, 3.05) is 7.11 Å². The van der Waals surface area contributed by atoms with E-state index in [2.05, 4.69) is 15.5 Å². The summed E-state index contributed by atoms with van der Waals surface area (Å²) < 4.78 is 102. The average molecular weight is 482 g/mol. The van der Waals surface area contributed by atoms with Gasteiger partial charge in [0, 0.05) is 5.57 Å². The number of hydrogen-bond donors (Lipinski definition) is 0. The molecule has 0 saturated heterocycles. The van der Waals surface area contributed by atoms with E-state index in [4.69, 9.17) is 4.74 Å². The maximum absolute atomic E-state index is 13.9. The summed E-state index contributed by atoms with van der Waals surface area (Å²) in [5.74, 6) is -2.44. The predicted octanol–water partition coefficient (Wildman–Crippen LogP) is 3.98. The van der Waals surface area contributed by atoms with E-state index in [1.165, 1.54) is 31.2 Å². The second-order valence-corrected chi connectivity index (χ2v) is 8.19. The van der Waals surface area contributed by atoms with Crippen molar-refractivity contribution in [3.63, 3.8) is 0 Å². The van der Waals surface area contributed by atoms with Crippen LogP contribution in [0.5, 0.6) is 5.75 Å². The van der Waals surface area contributed by atoms with Gasteiger partial charge in [0.2, 0.25) is 0 Å². The Kier molecular flexibility index (Phi) is 6.95. The summed E-state index contributed by atoms with van der Waals surface area (Å²) in [5, 5.41) is -4.96. The minimum absolute atomic E-state index is 0.113. The van der Waals surface area contributed by atoms with Gasteiger partial charge in [0.25, 0.3) is 6.10 Å². The second kappa shape index (κ2) is 8.82. The van der Waals surface area contributed by atoms with Gasteiger partial charge < -0.3 is 9.47 Å². The molecule has 2 aromatic rings. The van der Waals surface area contributed by atoms with Crippen LogP contribution in [0.1, 0.15) is 17.3 Å². The maximum atomic E-state index is 13.9. The predicted molar refractivity (Wildman–Crippen MR) is 101 cm³/mol. The van der Waals surface area contributed by atoms with Gasteiger partial charge in [0.15, 0.2) is 0 Å². The molecule has 0 aliphatic carbocycles. The molecule has 0 spiro atoms. The second-order valence-electron chi connectivity index (χ2n) is 6.40. The molecule has 13 heteroatoms. The van der Waals surface area contributed by atoms with E-state index >= 15 is 0 Å². The van der Waals surface area contributed by atoms with Crippen molar-refractivity contribution in [3.8, 4) is 5.75 Å². The van der Waals surface area contributed by atoms with Crippen molar-refractivity contribution in [2.45, 2.75) is 24.5 Å². The zero-order valence-electron chi connectivity index (χ0n) is 16.4. The van der Waals surface area contributed by atoms with Gasteiger partial charge in [-0.25, -0.2) is 9.59 Å². The molecule has 1 unspecified atom stereocenters. The molecule has 0 aromatic heterocycles. The summed E-state index contributed by atoms with van der Waals surface area (Å²) in [6.07, 6.45) is -10.2. The lowest BCUT2D eigenvalue weighted by molar-refractivity contribution is -0.248. The molecule has 174 valence electrons. The first kappa shape index (κ1) is 25.2. The van der Waals surface area contributed by atoms with Gasteiger partial charge in [-0.15, -0.1) is 0 Å². The number of rotatable bonds is 7. The van der Waals surface area contributed by atoms with Crippen LogP contribution in [0, 0.1) is 0 Å². The first-order chi connectivity index (χ1) is 14.6. The summed E-state index contributed by atoms with van der Waals surface area (Å²) in [6, 6.07) is 7.26. The van der Waals surface area contributed by atoms with E-state index in [9.17, 15) is 40.0 Å². The molecule has 1 atom stereocenters. The highest BCUT2D eigenvalue weighted by Gasteiger charge is 2.66. The minimum atomic E-state index is -6.04. The zero-order chi connectivity index (χ0) is 24.5. The average Bonchev–Trinajstić information content (AvgIpc) is 2.70. The lowest BCUT2D eigenvalue weighted by Gasteiger charge is -2.27. The number of hydrogen-bond acceptors (Lipinski definition) is 7. The van der Waals surface area contributed by atoms with Crippen LogP contribution in [0.2, 0.25) is 0 Å². The lowest BCUT2D eigenvalue weighted by atomic mass is 10.1. The topological polar surface area (TPSA) is 96.0 Å². The lowest BCUT2D eigenvalue weighted by Crippen LogP contribution is -2.52. The molecule has 2 aromatic carbocycles. The Morgan fingerprint density at radius 1 is 1.00 bits per heavy atom. The van der Waals surface area contributed by atoms with Crippen molar-refractivity contribution < 1.29 is 53.6 Å². The van der Waals surface area contributed by atoms with Crippen LogP contribution in [-0.4, -0.2) is 45.0 Å². The van der Waals surface area contributed by atoms with Gasteiger partial charge in [-0.1, -0.05) is 18.7 Å². The number of halogens is 5. The molecule has 0 heterocycles. The van der Waals surface area contributed by atoms with Crippen LogP contribution in [0.25, 0.3) is 10.8 Å². The number of carbonyl (C=O) groups is 2. The molecule has 0 N–H and O–H groups in total. The molecule has 2 rings (SSSR count). The van der Waals surface area contributed by atoms with Gasteiger partial charge in [-0.05, 0) is 42.0 Å². The van der Waals surface area contributed by atoms with E-state index < -0.39 is 45.2 Å². The summed E-state index contributed by atoms with van der Waals surface area (Å²) in [7, 11) is -5.80. The van der Waals surface area contributed by atoms with Gasteiger partial charge in [0.05, 0.1) is 12.7 Å². The summed E-state index contributed by atoms with van der Waals surface area (Å²) in [6.45, 7) is 4.85. The van der Waals surface area contributed by atoms with E-state index in [0.717, 1.165) is 12.1 Å². The quantitative estimate of drug-likeness (QED) is 0.194. The van der Waals surface area contributed by atoms with Crippen LogP contribution in [0.15, 0.2) is 48.6 Å². The van der Waals surface area contributed by atoms with Crippen LogP contribution >= 0.6 is 0 Å². The van der Waals surface area contributed by atoms with Crippen LogP contribution in [0.4, 0.5) is 22.0 Å². The van der Waals surface area contributed by atoms with Crippen molar-refractivity contribution in [1.82, 2.24) is 0 Å². The number of fused-ring (bicyclic) bond motifs is 1. The Labute approximate surface area is 178 Å². The Bertz CT molecular complexity index is 1170. The van der Waals surface area contributed by atoms with E-state index in [0.29, 0.717) is 5.39 Å². The molecule has 0 aliphatic rings. The normalized spacial score (nSPS) is 13.5. The van der Waals surface area contributed by atoms with Crippen molar-refractivity contribution in [2.24, 2.45) is 0 Å². The number of alkyl halides is 5. The molecule has 0 fully saturated rings. The maximum Gasteiger partial charge on any atom is 0.432 e. The molecule has 0 bridgehead atoms. The first-order valence-corrected chi connectivity index (χ1v) is 9.88. The van der Waals surface area contributed by atoms with Crippen molar-refractivity contribution >= 4 is 32.8 Å². The third kappa shape index (κ3) is 5.22. The highest BCUT2D eigenvalue weighted by Crippen LogP contribution is 2.39. The molecular weight excluding hydrogens is 467 g/mol. The Balaban J connectivity index is 2.35. The summed E-state index contributed by atoms with van der Waals surface area (Å²) in [5.41, 5.74) is -0.432. The van der Waals surface area contributed by atoms with Crippen molar-refractivity contribution in [3.05, 3.63) is 54.1 Å². The molecule has 32 heavy (non-hydrogen) atoms. The van der Waals surface area contributed by atoms with Gasteiger partial charge in [-0.3, -0.25) is 4.18 Å². The Morgan fingerprint density at radius 2 is 1.56 bits per heavy atom. The van der Waals surface area contributed by atoms with Gasteiger partial charge in [0.1, 0.15) is 5.75 Å². The molecular formula is C19H15F5O7S. The summed E-state index contributed by atoms with van der Waals surface area (Å²) >= 11 is 0. The fourth-order valence-electron chi connectivity index (χ4n) is 2.35. The largest absolute Gasteiger partial charge is 0.441 e. The monoisotopic (exact) mass is 482 g/mol. The third-order valence-corrected chi connectivity index (χ3v) is 5.31. The number of ether oxygens (including phenoxy) is 2. The number of benzene rings is 2. The standard InChI is InChI=1S/C19H15F5O7S/c1-10(2)15(25)30-14-7-6-11-8-13(5-4-12(11)9-14)16(26)31-17(18(20,21)22)19(23,24)32(27,28)29-3/h4-9,17H,1H2,2-3H3. The summed E-state index contributed by atoms with van der Waals surface area (Å²) in [4.78, 5) is 23.7. The first-order valence-electron chi connectivity index (χ1n) is 8.47. The SMILES string of the molecule is C=C(C)C(=O)Oc1ccc2cc(C(=O)OC(C(F)(F)F)C(F)(F)S(=O)(=O)OC)ccc2c1. The fourth-order valence-corrected chi connectivity index (χ4v) is 3.02. The minimum Gasteiger partial charge on any atom is -0.441 e. The van der Waals surface area contributed by atoms with E-state index in [1.54, 1.807) is 0 Å². The Morgan fingerprint density at radius 3 is 2.09 bits per heavy atom. The number of esters is 2. The smallest absolute Gasteiger partial charge is 0.432 e. The van der Waals surface area contributed by atoms with E-state index in [-0.39, 0.29) is 23.8 Å². The van der Waals surface area contributed by atoms with Gasteiger partial charge in [-0.2, -0.15) is 30.4 Å².